The second kappa shape index (κ2) is 4.62. The summed E-state index contributed by atoms with van der Waals surface area (Å²) in [5.41, 5.74) is 3.45. The van der Waals surface area contributed by atoms with E-state index in [1.165, 1.54) is 18.4 Å². The maximum atomic E-state index is 11.7. The Bertz CT molecular complexity index is 395. The Morgan fingerprint density at radius 3 is 3.00 bits per heavy atom. The van der Waals surface area contributed by atoms with Gasteiger partial charge in [-0.25, -0.2) is 0 Å². The van der Waals surface area contributed by atoms with Crippen LogP contribution < -0.4 is 10.9 Å². The summed E-state index contributed by atoms with van der Waals surface area (Å²) in [6.45, 7) is 3.63. The number of hydrogen-bond donors (Lipinski definition) is 2. The van der Waals surface area contributed by atoms with Gasteiger partial charge >= 0.3 is 0 Å². The molecule has 0 aliphatic heterocycles. The Balaban J connectivity index is 2.28. The average Bonchev–Trinajstić information content (AvgIpc) is 2.26. The van der Waals surface area contributed by atoms with Crippen molar-refractivity contribution in [3.63, 3.8) is 0 Å². The van der Waals surface area contributed by atoms with Gasteiger partial charge in [-0.05, 0) is 43.9 Å². The van der Waals surface area contributed by atoms with Crippen molar-refractivity contribution in [1.82, 2.24) is 10.3 Å². The van der Waals surface area contributed by atoms with Crippen molar-refractivity contribution >= 4 is 0 Å². The van der Waals surface area contributed by atoms with Gasteiger partial charge in [0.15, 0.2) is 0 Å². The van der Waals surface area contributed by atoms with Crippen LogP contribution >= 0.6 is 0 Å². The minimum atomic E-state index is 0.0802. The van der Waals surface area contributed by atoms with E-state index in [2.05, 4.69) is 16.4 Å². The molecule has 0 aromatic carbocycles. The first-order chi connectivity index (χ1) is 7.31. The van der Waals surface area contributed by atoms with Crippen LogP contribution in [0.1, 0.15) is 36.6 Å². The maximum Gasteiger partial charge on any atom is 0.252 e. The molecule has 0 spiro atoms. The fourth-order valence-electron chi connectivity index (χ4n) is 2.11. The molecule has 1 aliphatic carbocycles. The topological polar surface area (TPSA) is 44.9 Å². The molecule has 1 aromatic heterocycles. The van der Waals surface area contributed by atoms with E-state index in [1.54, 1.807) is 0 Å². The molecular formula is C12H18N2O. The van der Waals surface area contributed by atoms with Gasteiger partial charge in [0, 0.05) is 17.8 Å². The summed E-state index contributed by atoms with van der Waals surface area (Å²) in [6.07, 6.45) is 4.60. The highest BCUT2D eigenvalue weighted by Crippen LogP contribution is 2.18. The maximum absolute atomic E-state index is 11.7. The van der Waals surface area contributed by atoms with Crippen LogP contribution in [0.25, 0.3) is 0 Å². The summed E-state index contributed by atoms with van der Waals surface area (Å²) < 4.78 is 0. The van der Waals surface area contributed by atoms with Crippen LogP contribution in [0.15, 0.2) is 10.9 Å². The fraction of sp³-hybridized carbons (Fsp3) is 0.583. The molecule has 1 heterocycles. The third-order valence-corrected chi connectivity index (χ3v) is 2.98. The fourth-order valence-corrected chi connectivity index (χ4v) is 2.11. The van der Waals surface area contributed by atoms with E-state index in [0.717, 1.165) is 30.6 Å². The second-order valence-electron chi connectivity index (χ2n) is 4.11. The molecule has 1 aromatic rings. The van der Waals surface area contributed by atoms with E-state index in [9.17, 15) is 4.79 Å². The predicted molar refractivity (Wildman–Crippen MR) is 61.1 cm³/mol. The first-order valence-electron chi connectivity index (χ1n) is 5.76. The van der Waals surface area contributed by atoms with Gasteiger partial charge in [-0.3, -0.25) is 4.79 Å². The minimum Gasteiger partial charge on any atom is -0.326 e. The highest BCUT2D eigenvalue weighted by atomic mass is 16.1. The lowest BCUT2D eigenvalue weighted by Crippen LogP contribution is -2.23. The van der Waals surface area contributed by atoms with Gasteiger partial charge in [0.1, 0.15) is 0 Å². The standard InChI is InChI=1S/C12H18N2O/c1-2-13-8-10-7-9-5-3-4-6-11(9)14-12(10)15/h7,13H,2-6,8H2,1H3,(H,14,15). The first kappa shape index (κ1) is 10.4. The van der Waals surface area contributed by atoms with Crippen molar-refractivity contribution in [3.8, 4) is 0 Å². The lowest BCUT2D eigenvalue weighted by molar-refractivity contribution is 0.655. The smallest absolute Gasteiger partial charge is 0.252 e. The monoisotopic (exact) mass is 206 g/mol. The zero-order chi connectivity index (χ0) is 10.7. The van der Waals surface area contributed by atoms with Crippen LogP contribution in [0.3, 0.4) is 0 Å². The number of rotatable bonds is 3. The summed E-state index contributed by atoms with van der Waals surface area (Å²) in [6, 6.07) is 2.08. The number of H-pyrrole nitrogens is 1. The Morgan fingerprint density at radius 2 is 2.20 bits per heavy atom. The molecule has 0 atom stereocenters. The molecule has 3 heteroatoms. The van der Waals surface area contributed by atoms with Crippen LogP contribution in [0.5, 0.6) is 0 Å². The SMILES string of the molecule is CCNCc1cc2c([nH]c1=O)CCCC2. The molecule has 0 radical (unpaired) electrons. The molecule has 0 fully saturated rings. The molecule has 82 valence electrons. The minimum absolute atomic E-state index is 0.0802. The number of hydrogen-bond acceptors (Lipinski definition) is 2. The van der Waals surface area contributed by atoms with Gasteiger partial charge in [0.2, 0.25) is 0 Å². The van der Waals surface area contributed by atoms with Crippen molar-refractivity contribution in [2.75, 3.05) is 6.54 Å². The summed E-state index contributed by atoms with van der Waals surface area (Å²) >= 11 is 0. The molecule has 0 saturated heterocycles. The van der Waals surface area contributed by atoms with Gasteiger partial charge in [0.05, 0.1) is 0 Å². The normalized spacial score (nSPS) is 15.0. The first-order valence-corrected chi connectivity index (χ1v) is 5.76. The van der Waals surface area contributed by atoms with Crippen molar-refractivity contribution in [2.24, 2.45) is 0 Å². The number of aryl methyl sites for hydroxylation is 2. The number of fused-ring (bicyclic) bond motifs is 1. The van der Waals surface area contributed by atoms with E-state index >= 15 is 0 Å². The van der Waals surface area contributed by atoms with Crippen molar-refractivity contribution in [2.45, 2.75) is 39.2 Å². The summed E-state index contributed by atoms with van der Waals surface area (Å²) in [5, 5.41) is 3.19. The Morgan fingerprint density at radius 1 is 1.40 bits per heavy atom. The van der Waals surface area contributed by atoms with Crippen molar-refractivity contribution in [3.05, 3.63) is 33.2 Å². The van der Waals surface area contributed by atoms with E-state index < -0.39 is 0 Å². The number of pyridine rings is 1. The molecule has 0 saturated carbocycles. The van der Waals surface area contributed by atoms with Gasteiger partial charge < -0.3 is 10.3 Å². The van der Waals surface area contributed by atoms with E-state index in [4.69, 9.17) is 0 Å². The highest BCUT2D eigenvalue weighted by molar-refractivity contribution is 5.27. The van der Waals surface area contributed by atoms with Gasteiger partial charge in [-0.1, -0.05) is 6.92 Å². The molecule has 1 aliphatic rings. The summed E-state index contributed by atoms with van der Waals surface area (Å²) in [7, 11) is 0. The average molecular weight is 206 g/mol. The van der Waals surface area contributed by atoms with E-state index in [0.29, 0.717) is 6.54 Å². The lowest BCUT2D eigenvalue weighted by Gasteiger charge is -2.16. The largest absolute Gasteiger partial charge is 0.326 e. The number of nitrogens with one attached hydrogen (secondary N) is 2. The molecule has 2 N–H and O–H groups in total. The predicted octanol–water partition coefficient (Wildman–Crippen LogP) is 1.36. The molecule has 3 nitrogen and oxygen atoms in total. The molecule has 0 amide bonds. The van der Waals surface area contributed by atoms with E-state index in [1.807, 2.05) is 6.92 Å². The molecule has 0 bridgehead atoms. The lowest BCUT2D eigenvalue weighted by atomic mass is 9.95. The van der Waals surface area contributed by atoms with Gasteiger partial charge in [-0.15, -0.1) is 0 Å². The highest BCUT2D eigenvalue weighted by Gasteiger charge is 2.12. The third-order valence-electron chi connectivity index (χ3n) is 2.98. The third kappa shape index (κ3) is 2.29. The zero-order valence-electron chi connectivity index (χ0n) is 9.23. The Hall–Kier alpha value is -1.09. The Labute approximate surface area is 89.9 Å². The molecule has 0 unspecified atom stereocenters. The summed E-state index contributed by atoms with van der Waals surface area (Å²) in [4.78, 5) is 14.7. The summed E-state index contributed by atoms with van der Waals surface area (Å²) in [5.74, 6) is 0. The van der Waals surface area contributed by atoms with Crippen LogP contribution in [-0.4, -0.2) is 11.5 Å². The van der Waals surface area contributed by atoms with E-state index in [-0.39, 0.29) is 5.56 Å². The van der Waals surface area contributed by atoms with Gasteiger partial charge in [-0.2, -0.15) is 0 Å². The molecular weight excluding hydrogens is 188 g/mol. The van der Waals surface area contributed by atoms with Crippen molar-refractivity contribution < 1.29 is 0 Å². The number of aromatic nitrogens is 1. The second-order valence-corrected chi connectivity index (χ2v) is 4.11. The number of aromatic amines is 1. The molecule has 2 rings (SSSR count). The van der Waals surface area contributed by atoms with Crippen LogP contribution in [0.2, 0.25) is 0 Å². The van der Waals surface area contributed by atoms with Crippen LogP contribution in [0, 0.1) is 0 Å². The van der Waals surface area contributed by atoms with Crippen LogP contribution in [-0.2, 0) is 19.4 Å². The molecule has 15 heavy (non-hydrogen) atoms. The van der Waals surface area contributed by atoms with Crippen molar-refractivity contribution in [1.29, 1.82) is 0 Å². The van der Waals surface area contributed by atoms with Gasteiger partial charge in [0.25, 0.3) is 5.56 Å². The Kier molecular flexibility index (Phi) is 3.21. The van der Waals surface area contributed by atoms with Crippen LogP contribution in [0.4, 0.5) is 0 Å². The quantitative estimate of drug-likeness (QED) is 0.784. The zero-order valence-corrected chi connectivity index (χ0v) is 9.23.